The summed E-state index contributed by atoms with van der Waals surface area (Å²) in [4.78, 5) is 27.9. The van der Waals surface area contributed by atoms with Crippen LogP contribution in [0.15, 0.2) is 42.5 Å². The van der Waals surface area contributed by atoms with Gasteiger partial charge in [0.05, 0.1) is 13.0 Å². The smallest absolute Gasteiger partial charge is 0.308 e. The molecular weight excluding hydrogens is 561 g/mol. The number of esters is 1. The van der Waals surface area contributed by atoms with Gasteiger partial charge in [0, 0.05) is 32.5 Å². The summed E-state index contributed by atoms with van der Waals surface area (Å²) in [6.07, 6.45) is 6.97. The van der Waals surface area contributed by atoms with Gasteiger partial charge in [0.25, 0.3) is 0 Å². The summed E-state index contributed by atoms with van der Waals surface area (Å²) in [5, 5.41) is 0.752. The number of amides is 1. The largest absolute Gasteiger partial charge is 0.469 e. The molecule has 34 heavy (non-hydrogen) atoms. The van der Waals surface area contributed by atoms with E-state index in [2.05, 4.69) is 57.8 Å². The number of hydrogen-bond acceptors (Lipinski definition) is 3. The van der Waals surface area contributed by atoms with Crippen LogP contribution in [0.3, 0.4) is 0 Å². The number of ether oxygens (including phenoxy) is 1. The molecule has 2 unspecified atom stereocenters. The number of nitrogens with zero attached hydrogens (tertiary/aromatic N) is 1. The van der Waals surface area contributed by atoms with Crippen LogP contribution in [0.4, 0.5) is 0 Å². The van der Waals surface area contributed by atoms with Crippen molar-refractivity contribution >= 4 is 46.1 Å². The zero-order chi connectivity index (χ0) is 23.9. The van der Waals surface area contributed by atoms with E-state index in [1.165, 1.54) is 27.4 Å². The first kappa shape index (κ1) is 24.1. The van der Waals surface area contributed by atoms with E-state index in [4.69, 9.17) is 16.3 Å². The average molecular weight is 592 g/mol. The molecule has 2 aromatic rings. The van der Waals surface area contributed by atoms with Crippen LogP contribution in [-0.4, -0.2) is 36.5 Å². The van der Waals surface area contributed by atoms with Crippen molar-refractivity contribution in [3.63, 3.8) is 0 Å². The summed E-state index contributed by atoms with van der Waals surface area (Å²) in [6.45, 7) is 0.805. The second kappa shape index (κ2) is 9.81. The molecule has 0 aromatic heterocycles. The highest BCUT2D eigenvalue weighted by atomic mass is 127. The van der Waals surface area contributed by atoms with Crippen LogP contribution < -0.4 is 0 Å². The minimum absolute atomic E-state index is 0.0188. The molecule has 0 spiro atoms. The zero-order valence-electron chi connectivity index (χ0n) is 19.6. The summed E-state index contributed by atoms with van der Waals surface area (Å²) in [7, 11) is 1.45. The van der Waals surface area contributed by atoms with Crippen LogP contribution in [0.1, 0.15) is 55.2 Å². The highest BCUT2D eigenvalue weighted by Crippen LogP contribution is 2.50. The summed E-state index contributed by atoms with van der Waals surface area (Å²) >= 11 is 8.57. The zero-order valence-corrected chi connectivity index (χ0v) is 22.5. The molecule has 1 aliphatic heterocycles. The third-order valence-corrected chi connectivity index (χ3v) is 9.35. The van der Waals surface area contributed by atoms with Crippen molar-refractivity contribution in [1.82, 2.24) is 4.90 Å². The number of rotatable bonds is 4. The SMILES string of the molecule is COC(=O)[C@H]1CC[C@H](C(=O)N2CCC3(Cc4ccc(Cl)cc4)c4ccc(I)cc4CCC23)CC1. The number of halogens is 2. The molecule has 6 heteroatoms. The Morgan fingerprint density at radius 3 is 2.47 bits per heavy atom. The Morgan fingerprint density at radius 2 is 1.76 bits per heavy atom. The normalized spacial score (nSPS) is 28.2. The van der Waals surface area contributed by atoms with Crippen LogP contribution in [-0.2, 0) is 32.6 Å². The predicted molar refractivity (Wildman–Crippen MR) is 142 cm³/mol. The van der Waals surface area contributed by atoms with Gasteiger partial charge in [0.15, 0.2) is 0 Å². The van der Waals surface area contributed by atoms with Crippen LogP contribution in [0.5, 0.6) is 0 Å². The van der Waals surface area contributed by atoms with Crippen molar-refractivity contribution in [3.8, 4) is 0 Å². The molecule has 5 rings (SSSR count). The van der Waals surface area contributed by atoms with Crippen molar-refractivity contribution in [1.29, 1.82) is 0 Å². The highest BCUT2D eigenvalue weighted by molar-refractivity contribution is 14.1. The Labute approximate surface area is 220 Å². The standard InChI is InChI=1S/C28H31ClINO3/c1-34-27(33)20-6-4-19(5-7-20)26(32)31-15-14-28(17-18-2-9-22(29)10-3-18)24-12-11-23(30)16-21(24)8-13-25(28)31/h2-3,9-12,16,19-20,25H,4-8,13-15,17H2,1H3/t19-,20-,25?,28?. The molecule has 2 atom stereocenters. The molecule has 0 N–H and O–H groups in total. The average Bonchev–Trinajstić information content (AvgIpc) is 3.23. The van der Waals surface area contributed by atoms with Crippen LogP contribution in [0.25, 0.3) is 0 Å². The third kappa shape index (κ3) is 4.39. The number of fused-ring (bicyclic) bond motifs is 3. The third-order valence-electron chi connectivity index (χ3n) is 8.43. The maximum atomic E-state index is 13.8. The quantitative estimate of drug-likeness (QED) is 0.326. The Bertz CT molecular complexity index is 1080. The van der Waals surface area contributed by atoms with E-state index in [0.717, 1.165) is 62.9 Å². The molecule has 1 amide bonds. The first-order valence-corrected chi connectivity index (χ1v) is 13.8. The van der Waals surface area contributed by atoms with Gasteiger partial charge < -0.3 is 9.64 Å². The summed E-state index contributed by atoms with van der Waals surface area (Å²) < 4.78 is 6.20. The van der Waals surface area contributed by atoms with Crippen molar-refractivity contribution in [3.05, 3.63) is 67.7 Å². The lowest BCUT2D eigenvalue weighted by Gasteiger charge is -2.44. The van der Waals surface area contributed by atoms with Gasteiger partial charge in [-0.25, -0.2) is 0 Å². The van der Waals surface area contributed by atoms with E-state index in [-0.39, 0.29) is 29.3 Å². The molecule has 3 aliphatic rings. The maximum absolute atomic E-state index is 13.8. The molecular formula is C28H31ClINO3. The molecule has 0 bridgehead atoms. The maximum Gasteiger partial charge on any atom is 0.308 e. The number of likely N-dealkylation sites (tertiary alicyclic amines) is 1. The molecule has 2 aliphatic carbocycles. The second-order valence-electron chi connectivity index (χ2n) is 10.2. The van der Waals surface area contributed by atoms with E-state index >= 15 is 0 Å². The number of aryl methyl sites for hydroxylation is 1. The lowest BCUT2D eigenvalue weighted by atomic mass is 9.64. The molecule has 1 heterocycles. The van der Waals surface area contributed by atoms with E-state index in [1.807, 2.05) is 12.1 Å². The number of methoxy groups -OCH3 is 1. The first-order chi connectivity index (χ1) is 16.4. The Kier molecular flexibility index (Phi) is 6.95. The lowest BCUT2D eigenvalue weighted by Crippen LogP contribution is -2.50. The topological polar surface area (TPSA) is 46.6 Å². The van der Waals surface area contributed by atoms with Gasteiger partial charge in [-0.3, -0.25) is 9.59 Å². The first-order valence-electron chi connectivity index (χ1n) is 12.3. The van der Waals surface area contributed by atoms with Crippen LogP contribution in [0, 0.1) is 15.4 Å². The van der Waals surface area contributed by atoms with Gasteiger partial charge in [0.1, 0.15) is 0 Å². The molecule has 180 valence electrons. The number of carbonyl (C=O) groups excluding carboxylic acids is 2. The van der Waals surface area contributed by atoms with E-state index in [1.54, 1.807) is 0 Å². The highest BCUT2D eigenvalue weighted by Gasteiger charge is 2.53. The minimum atomic E-state index is -0.132. The van der Waals surface area contributed by atoms with Gasteiger partial charge in [0.2, 0.25) is 5.91 Å². The van der Waals surface area contributed by atoms with Gasteiger partial charge in [-0.2, -0.15) is 0 Å². The van der Waals surface area contributed by atoms with Crippen molar-refractivity contribution < 1.29 is 14.3 Å². The fourth-order valence-corrected chi connectivity index (χ4v) is 7.42. The summed E-state index contributed by atoms with van der Waals surface area (Å²) in [5.41, 5.74) is 4.06. The van der Waals surface area contributed by atoms with E-state index < -0.39 is 0 Å². The second-order valence-corrected chi connectivity index (χ2v) is 11.9. The van der Waals surface area contributed by atoms with Crippen LogP contribution >= 0.6 is 34.2 Å². The van der Waals surface area contributed by atoms with Crippen molar-refractivity contribution in [2.45, 2.75) is 62.8 Å². The van der Waals surface area contributed by atoms with Gasteiger partial charge in [-0.05, 0) is 115 Å². The van der Waals surface area contributed by atoms with E-state index in [0.29, 0.717) is 5.91 Å². The molecule has 1 saturated heterocycles. The fraction of sp³-hybridized carbons (Fsp3) is 0.500. The summed E-state index contributed by atoms with van der Waals surface area (Å²) in [6, 6.07) is 15.3. The molecule has 2 fully saturated rings. The van der Waals surface area contributed by atoms with Crippen LogP contribution in [0.2, 0.25) is 5.02 Å². The minimum Gasteiger partial charge on any atom is -0.469 e. The number of hydrogen-bond donors (Lipinski definition) is 0. The Morgan fingerprint density at radius 1 is 1.06 bits per heavy atom. The van der Waals surface area contributed by atoms with E-state index in [9.17, 15) is 9.59 Å². The van der Waals surface area contributed by atoms with Gasteiger partial charge in [-0.1, -0.05) is 29.8 Å². The Balaban J connectivity index is 1.42. The fourth-order valence-electron chi connectivity index (χ4n) is 6.74. The lowest BCUT2D eigenvalue weighted by molar-refractivity contribution is -0.149. The van der Waals surface area contributed by atoms with Gasteiger partial charge in [-0.15, -0.1) is 0 Å². The molecule has 2 aromatic carbocycles. The molecule has 1 saturated carbocycles. The van der Waals surface area contributed by atoms with Crippen molar-refractivity contribution in [2.75, 3.05) is 13.7 Å². The van der Waals surface area contributed by atoms with Gasteiger partial charge >= 0.3 is 5.97 Å². The molecule has 0 radical (unpaired) electrons. The number of carbonyl (C=O) groups is 2. The predicted octanol–water partition coefficient (Wildman–Crippen LogP) is 5.95. The summed E-state index contributed by atoms with van der Waals surface area (Å²) in [5.74, 6) is 0.124. The molecule has 4 nitrogen and oxygen atoms in total. The van der Waals surface area contributed by atoms with Crippen molar-refractivity contribution in [2.24, 2.45) is 11.8 Å². The monoisotopic (exact) mass is 591 g/mol. The Hall–Kier alpha value is -1.60. The number of benzene rings is 2.